The van der Waals surface area contributed by atoms with Crippen LogP contribution in [0, 0.1) is 9.39 Å². The van der Waals surface area contributed by atoms with Crippen molar-refractivity contribution in [3.05, 3.63) is 86.8 Å². The van der Waals surface area contributed by atoms with Crippen LogP contribution >= 0.6 is 22.6 Å². The van der Waals surface area contributed by atoms with Gasteiger partial charge in [0.15, 0.2) is 11.5 Å². The minimum absolute atomic E-state index is 0.0107. The van der Waals surface area contributed by atoms with Gasteiger partial charge in [0.1, 0.15) is 23.7 Å². The number of barbiturate groups is 1. The van der Waals surface area contributed by atoms with Crippen LogP contribution in [-0.2, 0) is 16.2 Å². The Morgan fingerprint density at radius 1 is 0.947 bits per heavy atom. The van der Waals surface area contributed by atoms with E-state index in [1.54, 1.807) is 61.5 Å². The molecule has 0 bridgehead atoms. The molecule has 8 nitrogen and oxygen atoms in total. The zero-order valence-corrected chi connectivity index (χ0v) is 22.8. The number of nitrogens with one attached hydrogen (secondary N) is 1. The van der Waals surface area contributed by atoms with E-state index in [2.05, 4.69) is 5.32 Å². The fourth-order valence-electron chi connectivity index (χ4n) is 3.76. The standard InChI is InChI=1S/C28H24FIN2O6/c1-3-36-20-11-9-19(10-12-20)32-27(34)21(26(33)31-28(32)35)13-17-14-23(30)25(24(15-17)37-4-2)38-16-18-7-5-6-8-22(18)29/h5-15H,3-4,16H2,1-2H3,(H,31,33,35)/b21-13+. The molecule has 10 heteroatoms. The van der Waals surface area contributed by atoms with Crippen molar-refractivity contribution in [2.45, 2.75) is 20.5 Å². The zero-order valence-electron chi connectivity index (χ0n) is 20.6. The zero-order chi connectivity index (χ0) is 27.2. The van der Waals surface area contributed by atoms with Crippen molar-refractivity contribution in [3.8, 4) is 17.2 Å². The van der Waals surface area contributed by atoms with Crippen LogP contribution in [0.2, 0.25) is 0 Å². The normalized spacial score (nSPS) is 14.5. The first-order valence-corrected chi connectivity index (χ1v) is 12.9. The van der Waals surface area contributed by atoms with Crippen LogP contribution in [0.4, 0.5) is 14.9 Å². The molecule has 0 radical (unpaired) electrons. The van der Waals surface area contributed by atoms with E-state index in [0.717, 1.165) is 4.90 Å². The summed E-state index contributed by atoms with van der Waals surface area (Å²) in [5, 5.41) is 2.21. The lowest BCUT2D eigenvalue weighted by atomic mass is 10.1. The maximum Gasteiger partial charge on any atom is 0.335 e. The number of urea groups is 1. The molecule has 4 amide bonds. The van der Waals surface area contributed by atoms with Crippen LogP contribution in [0.5, 0.6) is 17.2 Å². The number of amides is 4. The van der Waals surface area contributed by atoms with Gasteiger partial charge >= 0.3 is 6.03 Å². The van der Waals surface area contributed by atoms with Gasteiger partial charge in [0, 0.05) is 5.56 Å². The Morgan fingerprint density at radius 3 is 2.34 bits per heavy atom. The molecule has 1 heterocycles. The van der Waals surface area contributed by atoms with Crippen LogP contribution in [0.1, 0.15) is 25.0 Å². The Labute approximate surface area is 232 Å². The predicted molar refractivity (Wildman–Crippen MR) is 148 cm³/mol. The number of carbonyl (C=O) groups is 3. The van der Waals surface area contributed by atoms with Crippen LogP contribution in [0.3, 0.4) is 0 Å². The summed E-state index contributed by atoms with van der Waals surface area (Å²) in [7, 11) is 0. The molecule has 3 aromatic carbocycles. The number of benzene rings is 3. The first kappa shape index (κ1) is 27.1. The number of imide groups is 2. The number of hydrogen-bond donors (Lipinski definition) is 1. The number of halogens is 2. The van der Waals surface area contributed by atoms with Gasteiger partial charge in [-0.05, 0) is 90.5 Å². The monoisotopic (exact) mass is 630 g/mol. The smallest absolute Gasteiger partial charge is 0.335 e. The Morgan fingerprint density at radius 2 is 1.66 bits per heavy atom. The molecular formula is C28H24FIN2O6. The molecule has 0 atom stereocenters. The van der Waals surface area contributed by atoms with Gasteiger partial charge in [0.05, 0.1) is 22.5 Å². The molecule has 1 saturated heterocycles. The van der Waals surface area contributed by atoms with Crippen LogP contribution < -0.4 is 24.4 Å². The third-order valence-electron chi connectivity index (χ3n) is 5.48. The van der Waals surface area contributed by atoms with Crippen LogP contribution in [0.15, 0.2) is 66.2 Å². The molecule has 0 aromatic heterocycles. The SMILES string of the molecule is CCOc1ccc(N2C(=O)NC(=O)/C(=C\c3cc(I)c(OCc4ccccc4F)c(OCC)c3)C2=O)cc1. The van der Waals surface area contributed by atoms with Crippen molar-refractivity contribution in [1.29, 1.82) is 0 Å². The average molecular weight is 630 g/mol. The second-order valence-electron chi connectivity index (χ2n) is 8.03. The summed E-state index contributed by atoms with van der Waals surface area (Å²) in [6, 6.07) is 15.2. The minimum atomic E-state index is -0.845. The third-order valence-corrected chi connectivity index (χ3v) is 6.28. The van der Waals surface area contributed by atoms with Gasteiger partial charge in [-0.3, -0.25) is 14.9 Å². The van der Waals surface area contributed by atoms with E-state index in [0.29, 0.717) is 45.2 Å². The molecule has 1 aliphatic rings. The Kier molecular flexibility index (Phi) is 8.62. The number of carbonyl (C=O) groups excluding carboxylic acids is 3. The lowest BCUT2D eigenvalue weighted by Crippen LogP contribution is -2.54. The summed E-state index contributed by atoms with van der Waals surface area (Å²) >= 11 is 2.04. The molecule has 0 saturated carbocycles. The second kappa shape index (κ2) is 12.1. The summed E-state index contributed by atoms with van der Waals surface area (Å²) in [5.74, 6) is -0.599. The average Bonchev–Trinajstić information content (AvgIpc) is 2.88. The summed E-state index contributed by atoms with van der Waals surface area (Å²) in [5.41, 5.74) is 0.934. The fourth-order valence-corrected chi connectivity index (χ4v) is 4.54. The Bertz CT molecular complexity index is 1410. The van der Waals surface area contributed by atoms with Crippen molar-refractivity contribution in [1.82, 2.24) is 5.32 Å². The molecule has 0 spiro atoms. The molecular weight excluding hydrogens is 606 g/mol. The summed E-state index contributed by atoms with van der Waals surface area (Å²) in [4.78, 5) is 39.3. The van der Waals surface area contributed by atoms with Gasteiger partial charge in [-0.2, -0.15) is 0 Å². The predicted octanol–water partition coefficient (Wildman–Crippen LogP) is 5.47. The highest BCUT2D eigenvalue weighted by molar-refractivity contribution is 14.1. The van der Waals surface area contributed by atoms with Gasteiger partial charge in [0.2, 0.25) is 0 Å². The van der Waals surface area contributed by atoms with Gasteiger partial charge in [0.25, 0.3) is 11.8 Å². The quantitative estimate of drug-likeness (QED) is 0.192. The molecule has 38 heavy (non-hydrogen) atoms. The molecule has 1 N–H and O–H groups in total. The first-order chi connectivity index (χ1) is 18.3. The highest BCUT2D eigenvalue weighted by Crippen LogP contribution is 2.36. The fraction of sp³-hybridized carbons (Fsp3) is 0.179. The highest BCUT2D eigenvalue weighted by Gasteiger charge is 2.37. The molecule has 0 aliphatic carbocycles. The Balaban J connectivity index is 1.64. The van der Waals surface area contributed by atoms with Gasteiger partial charge in [-0.1, -0.05) is 18.2 Å². The maximum absolute atomic E-state index is 14.1. The van der Waals surface area contributed by atoms with E-state index < -0.39 is 17.8 Å². The van der Waals surface area contributed by atoms with Gasteiger partial charge < -0.3 is 14.2 Å². The molecule has 0 unspecified atom stereocenters. The van der Waals surface area contributed by atoms with Crippen molar-refractivity contribution in [3.63, 3.8) is 0 Å². The molecule has 1 fully saturated rings. The number of rotatable bonds is 9. The molecule has 4 rings (SSSR count). The minimum Gasteiger partial charge on any atom is -0.494 e. The lowest BCUT2D eigenvalue weighted by Gasteiger charge is -2.26. The topological polar surface area (TPSA) is 94.2 Å². The van der Waals surface area contributed by atoms with Gasteiger partial charge in [-0.15, -0.1) is 0 Å². The van der Waals surface area contributed by atoms with E-state index in [4.69, 9.17) is 14.2 Å². The van der Waals surface area contributed by atoms with Crippen LogP contribution in [0.25, 0.3) is 6.08 Å². The molecule has 3 aromatic rings. The van der Waals surface area contributed by atoms with Crippen molar-refractivity contribution in [2.75, 3.05) is 18.1 Å². The van der Waals surface area contributed by atoms with E-state index in [-0.39, 0.29) is 23.7 Å². The highest BCUT2D eigenvalue weighted by atomic mass is 127. The lowest BCUT2D eigenvalue weighted by molar-refractivity contribution is -0.122. The third kappa shape index (κ3) is 5.96. The number of ether oxygens (including phenoxy) is 3. The summed E-state index contributed by atoms with van der Waals surface area (Å²) in [6.07, 6.45) is 1.39. The number of hydrogen-bond acceptors (Lipinski definition) is 6. The number of nitrogens with zero attached hydrogens (tertiary/aromatic N) is 1. The summed E-state index contributed by atoms with van der Waals surface area (Å²) < 4.78 is 31.7. The van der Waals surface area contributed by atoms with E-state index in [1.165, 1.54) is 12.1 Å². The number of anilines is 1. The summed E-state index contributed by atoms with van der Waals surface area (Å²) in [6.45, 7) is 4.43. The van der Waals surface area contributed by atoms with Gasteiger partial charge in [-0.25, -0.2) is 14.1 Å². The Hall–Kier alpha value is -3.93. The molecule has 196 valence electrons. The van der Waals surface area contributed by atoms with E-state index >= 15 is 0 Å². The molecule has 1 aliphatic heterocycles. The largest absolute Gasteiger partial charge is 0.494 e. The first-order valence-electron chi connectivity index (χ1n) is 11.8. The van der Waals surface area contributed by atoms with E-state index in [1.807, 2.05) is 29.5 Å². The van der Waals surface area contributed by atoms with E-state index in [9.17, 15) is 18.8 Å². The maximum atomic E-state index is 14.1. The van der Waals surface area contributed by atoms with Crippen LogP contribution in [-0.4, -0.2) is 31.1 Å². The van der Waals surface area contributed by atoms with Crippen molar-refractivity contribution >= 4 is 52.2 Å². The van der Waals surface area contributed by atoms with Crippen molar-refractivity contribution < 1.29 is 33.0 Å². The van der Waals surface area contributed by atoms with Crippen molar-refractivity contribution in [2.24, 2.45) is 0 Å². The second-order valence-corrected chi connectivity index (χ2v) is 9.19.